The van der Waals surface area contributed by atoms with E-state index in [1.54, 1.807) is 4.57 Å². The van der Waals surface area contributed by atoms with E-state index in [2.05, 4.69) is 15.5 Å². The SMILES string of the molecule is CCNC(=S)N=Nc1c(O)n(Cc2ccccc2Cl)c2ccccc12. The lowest BCUT2D eigenvalue weighted by molar-refractivity contribution is 0.429. The molecular formula is C18H17ClN4OS. The highest BCUT2D eigenvalue weighted by molar-refractivity contribution is 7.80. The Morgan fingerprint density at radius 2 is 1.92 bits per heavy atom. The summed E-state index contributed by atoms with van der Waals surface area (Å²) in [6, 6.07) is 15.2. The number of aromatic hydroxyl groups is 1. The van der Waals surface area contributed by atoms with Gasteiger partial charge < -0.3 is 15.0 Å². The average molecular weight is 373 g/mol. The lowest BCUT2D eigenvalue weighted by Crippen LogP contribution is -2.17. The molecule has 0 aliphatic heterocycles. The quantitative estimate of drug-likeness (QED) is 0.499. The van der Waals surface area contributed by atoms with Crippen molar-refractivity contribution in [1.82, 2.24) is 9.88 Å². The number of halogens is 1. The topological polar surface area (TPSA) is 61.9 Å². The number of nitrogens with zero attached hydrogens (tertiary/aromatic N) is 3. The minimum atomic E-state index is 0.0316. The maximum atomic E-state index is 10.7. The molecule has 0 saturated heterocycles. The zero-order chi connectivity index (χ0) is 17.8. The molecule has 25 heavy (non-hydrogen) atoms. The van der Waals surface area contributed by atoms with Crippen molar-refractivity contribution >= 4 is 45.5 Å². The lowest BCUT2D eigenvalue weighted by Gasteiger charge is -2.08. The van der Waals surface area contributed by atoms with Crippen molar-refractivity contribution in [3.05, 3.63) is 59.1 Å². The zero-order valence-electron chi connectivity index (χ0n) is 13.6. The van der Waals surface area contributed by atoms with Gasteiger partial charge in [-0.1, -0.05) is 48.0 Å². The molecule has 128 valence electrons. The maximum Gasteiger partial charge on any atom is 0.221 e. The summed E-state index contributed by atoms with van der Waals surface area (Å²) in [6.45, 7) is 3.02. The molecule has 0 amide bonds. The van der Waals surface area contributed by atoms with E-state index in [0.717, 1.165) is 16.5 Å². The van der Waals surface area contributed by atoms with Crippen LogP contribution < -0.4 is 5.32 Å². The molecular weight excluding hydrogens is 356 g/mol. The minimum absolute atomic E-state index is 0.0316. The highest BCUT2D eigenvalue weighted by atomic mass is 35.5. The molecule has 0 aliphatic rings. The van der Waals surface area contributed by atoms with E-state index < -0.39 is 0 Å². The number of para-hydroxylation sites is 1. The number of fused-ring (bicyclic) bond motifs is 1. The first-order valence-corrected chi connectivity index (χ1v) is 8.63. The molecule has 0 unspecified atom stereocenters. The van der Waals surface area contributed by atoms with E-state index in [-0.39, 0.29) is 11.0 Å². The van der Waals surface area contributed by atoms with Gasteiger partial charge in [0.25, 0.3) is 0 Å². The van der Waals surface area contributed by atoms with Crippen LogP contribution in [0.15, 0.2) is 58.8 Å². The third-order valence-electron chi connectivity index (χ3n) is 3.77. The van der Waals surface area contributed by atoms with Gasteiger partial charge in [0.05, 0.1) is 12.1 Å². The second kappa shape index (κ2) is 7.63. The van der Waals surface area contributed by atoms with Crippen LogP contribution >= 0.6 is 23.8 Å². The van der Waals surface area contributed by atoms with Crippen LogP contribution in [-0.4, -0.2) is 21.3 Å². The van der Waals surface area contributed by atoms with Gasteiger partial charge in [-0.25, -0.2) is 0 Å². The van der Waals surface area contributed by atoms with E-state index in [4.69, 9.17) is 23.8 Å². The molecule has 3 aromatic rings. The number of nitrogens with one attached hydrogen (secondary N) is 1. The van der Waals surface area contributed by atoms with Crippen LogP contribution in [-0.2, 0) is 6.54 Å². The standard InChI is InChI=1S/C18H17ClN4OS/c1-2-20-18(25)22-21-16-13-8-4-6-10-15(13)23(17(16)24)11-12-7-3-5-9-14(12)19/h3-10,24H,2,11H2,1H3,(H,20,25). The van der Waals surface area contributed by atoms with Crippen LogP contribution in [0, 0.1) is 0 Å². The molecule has 0 spiro atoms. The molecule has 0 fully saturated rings. The molecule has 0 aliphatic carbocycles. The number of hydrogen-bond donors (Lipinski definition) is 2. The van der Waals surface area contributed by atoms with Crippen LogP contribution in [0.4, 0.5) is 5.69 Å². The summed E-state index contributed by atoms with van der Waals surface area (Å²) in [4.78, 5) is 0. The molecule has 3 rings (SSSR count). The van der Waals surface area contributed by atoms with E-state index in [1.165, 1.54) is 0 Å². The number of rotatable bonds is 4. The number of aromatic nitrogens is 1. The molecule has 0 saturated carbocycles. The summed E-state index contributed by atoms with van der Waals surface area (Å²) < 4.78 is 1.77. The van der Waals surface area contributed by atoms with Gasteiger partial charge in [0, 0.05) is 17.0 Å². The highest BCUT2D eigenvalue weighted by Gasteiger charge is 2.17. The minimum Gasteiger partial charge on any atom is -0.493 e. The summed E-state index contributed by atoms with van der Waals surface area (Å²) >= 11 is 11.3. The monoisotopic (exact) mass is 372 g/mol. The summed E-state index contributed by atoms with van der Waals surface area (Å²) in [5.74, 6) is 0.0316. The Morgan fingerprint density at radius 1 is 1.20 bits per heavy atom. The van der Waals surface area contributed by atoms with Gasteiger partial charge in [-0.3, -0.25) is 0 Å². The second-order valence-corrected chi connectivity index (χ2v) is 6.20. The summed E-state index contributed by atoms with van der Waals surface area (Å²) in [5, 5.41) is 23.5. The van der Waals surface area contributed by atoms with Gasteiger partial charge in [-0.2, -0.15) is 0 Å². The smallest absolute Gasteiger partial charge is 0.221 e. The molecule has 0 bridgehead atoms. The van der Waals surface area contributed by atoms with Crippen molar-refractivity contribution in [1.29, 1.82) is 0 Å². The Labute approximate surface area is 156 Å². The predicted octanol–water partition coefficient (Wildman–Crippen LogP) is 5.03. The van der Waals surface area contributed by atoms with Gasteiger partial charge in [0.1, 0.15) is 0 Å². The van der Waals surface area contributed by atoms with Crippen molar-refractivity contribution in [3.8, 4) is 5.88 Å². The Balaban J connectivity index is 2.06. The Hall–Kier alpha value is -2.44. The van der Waals surface area contributed by atoms with Crippen molar-refractivity contribution < 1.29 is 5.11 Å². The second-order valence-electron chi connectivity index (χ2n) is 5.40. The Morgan fingerprint density at radius 3 is 2.68 bits per heavy atom. The molecule has 0 radical (unpaired) electrons. The average Bonchev–Trinajstić information content (AvgIpc) is 2.87. The first-order valence-electron chi connectivity index (χ1n) is 7.85. The fourth-order valence-corrected chi connectivity index (χ4v) is 2.99. The van der Waals surface area contributed by atoms with Crippen LogP contribution in [0.2, 0.25) is 5.02 Å². The molecule has 7 heteroatoms. The van der Waals surface area contributed by atoms with Gasteiger partial charge in [-0.05, 0) is 36.8 Å². The van der Waals surface area contributed by atoms with Crippen molar-refractivity contribution in [2.75, 3.05) is 6.54 Å². The summed E-state index contributed by atoms with van der Waals surface area (Å²) in [6.07, 6.45) is 0. The van der Waals surface area contributed by atoms with E-state index in [0.29, 0.717) is 23.8 Å². The van der Waals surface area contributed by atoms with Gasteiger partial charge in [0.15, 0.2) is 5.69 Å². The molecule has 2 N–H and O–H groups in total. The summed E-state index contributed by atoms with van der Waals surface area (Å²) in [5.41, 5.74) is 2.15. The molecule has 2 aromatic carbocycles. The van der Waals surface area contributed by atoms with Gasteiger partial charge in [0.2, 0.25) is 11.0 Å². The van der Waals surface area contributed by atoms with Crippen LogP contribution in [0.3, 0.4) is 0 Å². The normalized spacial score (nSPS) is 11.3. The van der Waals surface area contributed by atoms with E-state index >= 15 is 0 Å². The first-order chi connectivity index (χ1) is 12.1. The molecule has 1 heterocycles. The third-order valence-corrected chi connectivity index (χ3v) is 4.37. The predicted molar refractivity (Wildman–Crippen MR) is 105 cm³/mol. The fraction of sp³-hybridized carbons (Fsp3) is 0.167. The van der Waals surface area contributed by atoms with Gasteiger partial charge in [-0.15, -0.1) is 10.2 Å². The fourth-order valence-electron chi connectivity index (χ4n) is 2.61. The maximum absolute atomic E-state index is 10.7. The molecule has 5 nitrogen and oxygen atoms in total. The Bertz CT molecular complexity index is 951. The van der Waals surface area contributed by atoms with Crippen LogP contribution in [0.1, 0.15) is 12.5 Å². The number of benzene rings is 2. The van der Waals surface area contributed by atoms with Crippen LogP contribution in [0.5, 0.6) is 5.88 Å². The lowest BCUT2D eigenvalue weighted by atomic mass is 10.2. The third kappa shape index (κ3) is 3.65. The van der Waals surface area contributed by atoms with Crippen molar-refractivity contribution in [2.45, 2.75) is 13.5 Å². The van der Waals surface area contributed by atoms with E-state index in [9.17, 15) is 5.11 Å². The van der Waals surface area contributed by atoms with Crippen molar-refractivity contribution in [2.24, 2.45) is 10.2 Å². The van der Waals surface area contributed by atoms with Gasteiger partial charge >= 0.3 is 0 Å². The zero-order valence-corrected chi connectivity index (χ0v) is 15.2. The summed E-state index contributed by atoms with van der Waals surface area (Å²) in [7, 11) is 0. The number of azo groups is 1. The number of thiocarbonyl (C=S) groups is 1. The number of hydrogen-bond acceptors (Lipinski definition) is 3. The first kappa shape index (κ1) is 17.4. The highest BCUT2D eigenvalue weighted by Crippen LogP contribution is 2.39. The Kier molecular flexibility index (Phi) is 5.31. The largest absolute Gasteiger partial charge is 0.493 e. The van der Waals surface area contributed by atoms with E-state index in [1.807, 2.05) is 55.5 Å². The van der Waals surface area contributed by atoms with Crippen LogP contribution in [0.25, 0.3) is 10.9 Å². The molecule has 1 aromatic heterocycles. The van der Waals surface area contributed by atoms with Crippen molar-refractivity contribution in [3.63, 3.8) is 0 Å². The molecule has 0 atom stereocenters.